The third-order valence-corrected chi connectivity index (χ3v) is 2.82. The standard InChI is InChI=1S/C14H16FN3O/c1-18(9-10-5-3-4-6-11(10)15)14-12(16)7-8-13(17-14)19-2/h3-8H,9,16H2,1-2H3. The van der Waals surface area contributed by atoms with Gasteiger partial charge in [-0.1, -0.05) is 18.2 Å². The minimum absolute atomic E-state index is 0.240. The molecule has 1 heterocycles. The Kier molecular flexibility index (Phi) is 3.85. The number of nitrogen functional groups attached to an aromatic ring is 1. The smallest absolute Gasteiger partial charge is 0.215 e. The van der Waals surface area contributed by atoms with E-state index in [0.717, 1.165) is 0 Å². The lowest BCUT2D eigenvalue weighted by Gasteiger charge is -2.20. The maximum absolute atomic E-state index is 13.6. The van der Waals surface area contributed by atoms with Crippen LogP contribution in [0.4, 0.5) is 15.9 Å². The van der Waals surface area contributed by atoms with E-state index in [-0.39, 0.29) is 5.82 Å². The van der Waals surface area contributed by atoms with Crippen LogP contribution in [0.2, 0.25) is 0 Å². The molecule has 0 saturated heterocycles. The van der Waals surface area contributed by atoms with Gasteiger partial charge in [-0.25, -0.2) is 4.39 Å². The van der Waals surface area contributed by atoms with Crippen LogP contribution in [0.1, 0.15) is 5.56 Å². The molecule has 19 heavy (non-hydrogen) atoms. The Balaban J connectivity index is 2.25. The van der Waals surface area contributed by atoms with E-state index in [0.29, 0.717) is 29.5 Å². The number of ether oxygens (including phenoxy) is 1. The zero-order valence-electron chi connectivity index (χ0n) is 10.9. The second-order valence-corrected chi connectivity index (χ2v) is 4.21. The van der Waals surface area contributed by atoms with Gasteiger partial charge in [0.1, 0.15) is 5.82 Å². The first-order chi connectivity index (χ1) is 9.11. The SMILES string of the molecule is COc1ccc(N)c(N(C)Cc2ccccc2F)n1. The van der Waals surface area contributed by atoms with E-state index in [2.05, 4.69) is 4.98 Å². The predicted molar refractivity (Wildman–Crippen MR) is 73.7 cm³/mol. The normalized spacial score (nSPS) is 10.3. The molecule has 2 N–H and O–H groups in total. The van der Waals surface area contributed by atoms with Crippen molar-refractivity contribution in [2.45, 2.75) is 6.54 Å². The molecule has 0 aliphatic rings. The molecule has 0 aliphatic heterocycles. The molecule has 0 saturated carbocycles. The maximum atomic E-state index is 13.6. The van der Waals surface area contributed by atoms with Crippen LogP contribution < -0.4 is 15.4 Å². The molecular weight excluding hydrogens is 245 g/mol. The van der Waals surface area contributed by atoms with Gasteiger partial charge < -0.3 is 15.4 Å². The Morgan fingerprint density at radius 2 is 2.00 bits per heavy atom. The molecule has 0 radical (unpaired) electrons. The number of hydrogen-bond donors (Lipinski definition) is 1. The van der Waals surface area contributed by atoms with Gasteiger partial charge in [-0.05, 0) is 12.1 Å². The van der Waals surface area contributed by atoms with Gasteiger partial charge in [0.2, 0.25) is 5.88 Å². The lowest BCUT2D eigenvalue weighted by atomic mass is 10.2. The van der Waals surface area contributed by atoms with Crippen molar-refractivity contribution in [2.24, 2.45) is 0 Å². The Labute approximate surface area is 111 Å². The van der Waals surface area contributed by atoms with Gasteiger partial charge in [-0.2, -0.15) is 4.98 Å². The first-order valence-electron chi connectivity index (χ1n) is 5.87. The predicted octanol–water partition coefficient (Wildman–Crippen LogP) is 2.45. The molecule has 0 unspecified atom stereocenters. The monoisotopic (exact) mass is 261 g/mol. The largest absolute Gasteiger partial charge is 0.481 e. The van der Waals surface area contributed by atoms with Gasteiger partial charge in [0.15, 0.2) is 5.82 Å². The summed E-state index contributed by atoms with van der Waals surface area (Å²) >= 11 is 0. The van der Waals surface area contributed by atoms with E-state index in [1.165, 1.54) is 6.07 Å². The molecular formula is C14H16FN3O. The second kappa shape index (κ2) is 5.56. The van der Waals surface area contributed by atoms with Crippen molar-refractivity contribution in [3.05, 3.63) is 47.8 Å². The van der Waals surface area contributed by atoms with Crippen molar-refractivity contribution in [1.82, 2.24) is 4.98 Å². The van der Waals surface area contributed by atoms with Crippen molar-refractivity contribution in [3.8, 4) is 5.88 Å². The van der Waals surface area contributed by atoms with Crippen LogP contribution in [-0.2, 0) is 6.54 Å². The minimum Gasteiger partial charge on any atom is -0.481 e. The first kappa shape index (κ1) is 13.1. The third-order valence-electron chi connectivity index (χ3n) is 2.82. The van der Waals surface area contributed by atoms with Crippen molar-refractivity contribution < 1.29 is 9.13 Å². The fourth-order valence-corrected chi connectivity index (χ4v) is 1.82. The van der Waals surface area contributed by atoms with Crippen molar-refractivity contribution in [3.63, 3.8) is 0 Å². The summed E-state index contributed by atoms with van der Waals surface area (Å²) in [7, 11) is 3.35. The summed E-state index contributed by atoms with van der Waals surface area (Å²) in [5.41, 5.74) is 7.00. The van der Waals surface area contributed by atoms with E-state index in [1.54, 1.807) is 42.3 Å². The van der Waals surface area contributed by atoms with Gasteiger partial charge in [0, 0.05) is 25.2 Å². The minimum atomic E-state index is -0.240. The molecule has 0 bridgehead atoms. The topological polar surface area (TPSA) is 51.4 Å². The molecule has 2 rings (SSSR count). The number of aromatic nitrogens is 1. The highest BCUT2D eigenvalue weighted by Crippen LogP contribution is 2.24. The van der Waals surface area contributed by atoms with Crippen molar-refractivity contribution >= 4 is 11.5 Å². The van der Waals surface area contributed by atoms with Gasteiger partial charge in [0.25, 0.3) is 0 Å². The highest BCUT2D eigenvalue weighted by Gasteiger charge is 2.11. The molecule has 0 atom stereocenters. The van der Waals surface area contributed by atoms with Crippen LogP contribution in [0.3, 0.4) is 0 Å². The summed E-state index contributed by atoms with van der Waals surface area (Å²) in [4.78, 5) is 6.06. The van der Waals surface area contributed by atoms with Crippen molar-refractivity contribution in [2.75, 3.05) is 24.8 Å². The fraction of sp³-hybridized carbons (Fsp3) is 0.214. The average molecular weight is 261 g/mol. The molecule has 2 aromatic rings. The van der Waals surface area contributed by atoms with Crippen LogP contribution in [0.25, 0.3) is 0 Å². The quantitative estimate of drug-likeness (QED) is 0.918. The van der Waals surface area contributed by atoms with Gasteiger partial charge in [-0.3, -0.25) is 0 Å². The molecule has 0 amide bonds. The number of rotatable bonds is 4. The summed E-state index contributed by atoms with van der Waals surface area (Å²) in [6, 6.07) is 10.0. The van der Waals surface area contributed by atoms with E-state index in [4.69, 9.17) is 10.5 Å². The maximum Gasteiger partial charge on any atom is 0.215 e. The molecule has 0 spiro atoms. The molecule has 100 valence electrons. The number of anilines is 2. The van der Waals surface area contributed by atoms with E-state index in [9.17, 15) is 4.39 Å². The Morgan fingerprint density at radius 1 is 1.26 bits per heavy atom. The van der Waals surface area contributed by atoms with Crippen LogP contribution in [-0.4, -0.2) is 19.1 Å². The molecule has 5 heteroatoms. The van der Waals surface area contributed by atoms with Gasteiger partial charge in [0.05, 0.1) is 12.8 Å². The van der Waals surface area contributed by atoms with Gasteiger partial charge in [-0.15, -0.1) is 0 Å². The average Bonchev–Trinajstić information content (AvgIpc) is 2.42. The number of pyridine rings is 1. The summed E-state index contributed by atoms with van der Waals surface area (Å²) in [6.07, 6.45) is 0. The summed E-state index contributed by atoms with van der Waals surface area (Å²) in [6.45, 7) is 0.386. The van der Waals surface area contributed by atoms with Crippen molar-refractivity contribution in [1.29, 1.82) is 0 Å². The number of nitrogens with two attached hydrogens (primary N) is 1. The highest BCUT2D eigenvalue weighted by atomic mass is 19.1. The molecule has 1 aromatic heterocycles. The second-order valence-electron chi connectivity index (χ2n) is 4.21. The number of benzene rings is 1. The zero-order valence-corrected chi connectivity index (χ0v) is 10.9. The summed E-state index contributed by atoms with van der Waals surface area (Å²) in [5.74, 6) is 0.808. The zero-order chi connectivity index (χ0) is 13.8. The number of nitrogens with zero attached hydrogens (tertiary/aromatic N) is 2. The molecule has 1 aromatic carbocycles. The number of methoxy groups -OCH3 is 1. The number of hydrogen-bond acceptors (Lipinski definition) is 4. The lowest BCUT2D eigenvalue weighted by molar-refractivity contribution is 0.398. The molecule has 0 aliphatic carbocycles. The van der Waals surface area contributed by atoms with Crippen LogP contribution in [0.5, 0.6) is 5.88 Å². The van der Waals surface area contributed by atoms with Crippen LogP contribution in [0.15, 0.2) is 36.4 Å². The van der Waals surface area contributed by atoms with E-state index >= 15 is 0 Å². The molecule has 0 fully saturated rings. The fourth-order valence-electron chi connectivity index (χ4n) is 1.82. The lowest BCUT2D eigenvalue weighted by Crippen LogP contribution is -2.20. The first-order valence-corrected chi connectivity index (χ1v) is 5.87. The third kappa shape index (κ3) is 2.93. The van der Waals surface area contributed by atoms with Gasteiger partial charge >= 0.3 is 0 Å². The highest BCUT2D eigenvalue weighted by molar-refractivity contribution is 5.63. The van der Waals surface area contributed by atoms with E-state index < -0.39 is 0 Å². The Hall–Kier alpha value is -2.30. The number of halogens is 1. The Bertz CT molecular complexity index is 574. The summed E-state index contributed by atoms with van der Waals surface area (Å²) in [5, 5.41) is 0. The van der Waals surface area contributed by atoms with E-state index in [1.807, 2.05) is 7.05 Å². The van der Waals surface area contributed by atoms with Crippen LogP contribution in [0, 0.1) is 5.82 Å². The van der Waals surface area contributed by atoms with Crippen LogP contribution >= 0.6 is 0 Å². The molecule has 4 nitrogen and oxygen atoms in total. The summed E-state index contributed by atoms with van der Waals surface area (Å²) < 4.78 is 18.7. The Morgan fingerprint density at radius 3 is 2.68 bits per heavy atom.